The van der Waals surface area contributed by atoms with Crippen LogP contribution < -0.4 is 10.1 Å². The fraction of sp³-hybridized carbons (Fsp3) is 0.250. The Bertz CT molecular complexity index is 587. The third kappa shape index (κ3) is 4.57. The average molecular weight is 286 g/mol. The van der Waals surface area contributed by atoms with E-state index in [4.69, 9.17) is 4.74 Å². The molecule has 1 atom stereocenters. The summed E-state index contributed by atoms with van der Waals surface area (Å²) in [6.45, 7) is 2.18. The van der Waals surface area contributed by atoms with Gasteiger partial charge in [-0.1, -0.05) is 18.2 Å². The Morgan fingerprint density at radius 1 is 1.33 bits per heavy atom. The highest BCUT2D eigenvalue weighted by molar-refractivity contribution is 5.93. The van der Waals surface area contributed by atoms with Gasteiger partial charge in [-0.3, -0.25) is 9.78 Å². The van der Waals surface area contributed by atoms with Crippen molar-refractivity contribution in [2.75, 3.05) is 13.2 Å². The lowest BCUT2D eigenvalue weighted by Gasteiger charge is -2.14. The second kappa shape index (κ2) is 7.40. The lowest BCUT2D eigenvalue weighted by molar-refractivity contribution is 0.0842. The van der Waals surface area contributed by atoms with Crippen LogP contribution in [-0.4, -0.2) is 35.3 Å². The number of aliphatic hydroxyl groups is 1. The Labute approximate surface area is 123 Å². The number of para-hydroxylation sites is 1. The van der Waals surface area contributed by atoms with Crippen molar-refractivity contribution in [3.8, 4) is 5.75 Å². The number of nitrogens with one attached hydrogen (secondary N) is 1. The highest BCUT2D eigenvalue weighted by Gasteiger charge is 2.10. The van der Waals surface area contributed by atoms with E-state index in [9.17, 15) is 9.90 Å². The number of amides is 1. The van der Waals surface area contributed by atoms with Crippen molar-refractivity contribution in [1.29, 1.82) is 0 Å². The summed E-state index contributed by atoms with van der Waals surface area (Å²) in [5, 5.41) is 12.5. The molecule has 1 aromatic heterocycles. The van der Waals surface area contributed by atoms with Crippen molar-refractivity contribution < 1.29 is 14.6 Å². The number of ether oxygens (including phenoxy) is 1. The van der Waals surface area contributed by atoms with Gasteiger partial charge >= 0.3 is 0 Å². The first-order valence-corrected chi connectivity index (χ1v) is 6.71. The Hall–Kier alpha value is -2.40. The van der Waals surface area contributed by atoms with Crippen LogP contribution in [0.3, 0.4) is 0 Å². The molecule has 0 bridgehead atoms. The van der Waals surface area contributed by atoms with Crippen LogP contribution in [0.25, 0.3) is 0 Å². The molecule has 0 aliphatic rings. The summed E-state index contributed by atoms with van der Waals surface area (Å²) in [6, 6.07) is 10.9. The minimum atomic E-state index is -0.773. The zero-order chi connectivity index (χ0) is 15.1. The number of rotatable bonds is 6. The minimum absolute atomic E-state index is 0.123. The van der Waals surface area contributed by atoms with Crippen LogP contribution in [-0.2, 0) is 0 Å². The standard InChI is InChI=1S/C16H18N2O3/c1-12-5-2-3-7-15(12)21-11-14(19)10-18-16(20)13-6-4-8-17-9-13/h2-9,14,19H,10-11H2,1H3,(H,18,20). The SMILES string of the molecule is Cc1ccccc1OCC(O)CNC(=O)c1cccnc1. The molecular weight excluding hydrogens is 268 g/mol. The predicted octanol–water partition coefficient (Wildman–Crippen LogP) is 1.56. The number of carbonyl (C=O) groups is 1. The van der Waals surface area contributed by atoms with Gasteiger partial charge in [0, 0.05) is 18.9 Å². The van der Waals surface area contributed by atoms with E-state index in [0.29, 0.717) is 5.56 Å². The number of aryl methyl sites for hydroxylation is 1. The average Bonchev–Trinajstić information content (AvgIpc) is 2.52. The predicted molar refractivity (Wildman–Crippen MR) is 79.3 cm³/mol. The normalized spacial score (nSPS) is 11.7. The molecule has 0 radical (unpaired) electrons. The molecular formula is C16H18N2O3. The van der Waals surface area contributed by atoms with E-state index in [2.05, 4.69) is 10.3 Å². The summed E-state index contributed by atoms with van der Waals surface area (Å²) in [7, 11) is 0. The number of aromatic nitrogens is 1. The molecule has 0 saturated heterocycles. The molecule has 2 N–H and O–H groups in total. The fourth-order valence-electron chi connectivity index (χ4n) is 1.77. The lowest BCUT2D eigenvalue weighted by atomic mass is 10.2. The van der Waals surface area contributed by atoms with E-state index in [0.717, 1.165) is 11.3 Å². The van der Waals surface area contributed by atoms with Gasteiger partial charge in [-0.05, 0) is 30.7 Å². The smallest absolute Gasteiger partial charge is 0.252 e. The van der Waals surface area contributed by atoms with Crippen molar-refractivity contribution in [2.45, 2.75) is 13.0 Å². The molecule has 0 fully saturated rings. The van der Waals surface area contributed by atoms with Crippen LogP contribution in [0.4, 0.5) is 0 Å². The molecule has 110 valence electrons. The summed E-state index contributed by atoms with van der Waals surface area (Å²) >= 11 is 0. The number of carbonyl (C=O) groups excluding carboxylic acids is 1. The van der Waals surface area contributed by atoms with Crippen LogP contribution >= 0.6 is 0 Å². The van der Waals surface area contributed by atoms with Crippen LogP contribution in [0.15, 0.2) is 48.8 Å². The third-order valence-electron chi connectivity index (χ3n) is 2.95. The molecule has 1 aromatic carbocycles. The van der Waals surface area contributed by atoms with Crippen molar-refractivity contribution in [3.05, 3.63) is 59.9 Å². The van der Waals surface area contributed by atoms with E-state index in [1.165, 1.54) is 6.20 Å². The van der Waals surface area contributed by atoms with Gasteiger partial charge in [-0.15, -0.1) is 0 Å². The quantitative estimate of drug-likeness (QED) is 0.845. The van der Waals surface area contributed by atoms with Gasteiger partial charge in [0.2, 0.25) is 0 Å². The highest BCUT2D eigenvalue weighted by atomic mass is 16.5. The van der Waals surface area contributed by atoms with Crippen LogP contribution in [0, 0.1) is 6.92 Å². The zero-order valence-electron chi connectivity index (χ0n) is 11.8. The van der Waals surface area contributed by atoms with Gasteiger partial charge in [0.05, 0.1) is 5.56 Å². The first-order chi connectivity index (χ1) is 10.2. The Kier molecular flexibility index (Phi) is 5.29. The Morgan fingerprint density at radius 3 is 2.86 bits per heavy atom. The van der Waals surface area contributed by atoms with E-state index < -0.39 is 6.10 Å². The summed E-state index contributed by atoms with van der Waals surface area (Å²) in [5.41, 5.74) is 1.47. The maximum Gasteiger partial charge on any atom is 0.252 e. The minimum Gasteiger partial charge on any atom is -0.491 e. The maximum absolute atomic E-state index is 11.8. The monoisotopic (exact) mass is 286 g/mol. The maximum atomic E-state index is 11.8. The van der Waals surface area contributed by atoms with Crippen LogP contribution in [0.5, 0.6) is 5.75 Å². The largest absolute Gasteiger partial charge is 0.491 e. The highest BCUT2D eigenvalue weighted by Crippen LogP contribution is 2.16. The molecule has 1 heterocycles. The second-order valence-corrected chi connectivity index (χ2v) is 4.68. The van der Waals surface area contributed by atoms with Gasteiger partial charge in [0.1, 0.15) is 18.5 Å². The van der Waals surface area contributed by atoms with Crippen LogP contribution in [0.2, 0.25) is 0 Å². The molecule has 1 amide bonds. The number of pyridine rings is 1. The summed E-state index contributed by atoms with van der Waals surface area (Å²) < 4.78 is 5.52. The summed E-state index contributed by atoms with van der Waals surface area (Å²) in [4.78, 5) is 15.6. The summed E-state index contributed by atoms with van der Waals surface area (Å²) in [6.07, 6.45) is 2.30. The van der Waals surface area contributed by atoms with E-state index in [1.54, 1.807) is 18.3 Å². The first kappa shape index (κ1) is 15.0. The van der Waals surface area contributed by atoms with Crippen molar-refractivity contribution >= 4 is 5.91 Å². The molecule has 0 saturated carbocycles. The fourth-order valence-corrected chi connectivity index (χ4v) is 1.77. The summed E-state index contributed by atoms with van der Waals surface area (Å²) in [5.74, 6) is 0.466. The number of benzene rings is 1. The number of hydrogen-bond acceptors (Lipinski definition) is 4. The molecule has 0 aliphatic heterocycles. The van der Waals surface area contributed by atoms with Gasteiger partial charge in [0.15, 0.2) is 0 Å². The van der Waals surface area contributed by atoms with E-state index >= 15 is 0 Å². The number of nitrogens with zero attached hydrogens (tertiary/aromatic N) is 1. The number of hydrogen-bond donors (Lipinski definition) is 2. The van der Waals surface area contributed by atoms with Crippen molar-refractivity contribution in [2.24, 2.45) is 0 Å². The topological polar surface area (TPSA) is 71.5 Å². The molecule has 21 heavy (non-hydrogen) atoms. The molecule has 5 nitrogen and oxygen atoms in total. The second-order valence-electron chi connectivity index (χ2n) is 4.68. The zero-order valence-corrected chi connectivity index (χ0v) is 11.8. The van der Waals surface area contributed by atoms with Gasteiger partial charge in [-0.2, -0.15) is 0 Å². The van der Waals surface area contributed by atoms with E-state index in [1.807, 2.05) is 31.2 Å². The molecule has 1 unspecified atom stereocenters. The Morgan fingerprint density at radius 2 is 2.14 bits per heavy atom. The van der Waals surface area contributed by atoms with Gasteiger partial charge < -0.3 is 15.2 Å². The van der Waals surface area contributed by atoms with Gasteiger partial charge in [0.25, 0.3) is 5.91 Å². The molecule has 2 rings (SSSR count). The van der Waals surface area contributed by atoms with E-state index in [-0.39, 0.29) is 19.1 Å². The number of aliphatic hydroxyl groups excluding tert-OH is 1. The lowest BCUT2D eigenvalue weighted by Crippen LogP contribution is -2.35. The van der Waals surface area contributed by atoms with Crippen molar-refractivity contribution in [3.63, 3.8) is 0 Å². The van der Waals surface area contributed by atoms with Gasteiger partial charge in [-0.25, -0.2) is 0 Å². The molecule has 5 heteroatoms. The molecule has 0 aliphatic carbocycles. The Balaban J connectivity index is 1.76. The van der Waals surface area contributed by atoms with Crippen LogP contribution in [0.1, 0.15) is 15.9 Å². The first-order valence-electron chi connectivity index (χ1n) is 6.71. The third-order valence-corrected chi connectivity index (χ3v) is 2.95. The molecule has 2 aromatic rings. The van der Waals surface area contributed by atoms with Crippen molar-refractivity contribution in [1.82, 2.24) is 10.3 Å². The molecule has 0 spiro atoms.